The highest BCUT2D eigenvalue weighted by Gasteiger charge is 2.53. The van der Waals surface area contributed by atoms with E-state index in [0.717, 1.165) is 55.9 Å². The average Bonchev–Trinajstić information content (AvgIpc) is 3.54. The van der Waals surface area contributed by atoms with Crippen molar-refractivity contribution in [2.45, 2.75) is 74.9 Å². The van der Waals surface area contributed by atoms with Gasteiger partial charge in [0.05, 0.1) is 14.2 Å². The molecule has 6 nitrogen and oxygen atoms in total. The fourth-order valence-electron chi connectivity index (χ4n) is 6.80. The Kier molecular flexibility index (Phi) is 7.06. The number of ether oxygens (including phenoxy) is 2. The second-order valence-corrected chi connectivity index (χ2v) is 10.4. The molecule has 36 heavy (non-hydrogen) atoms. The summed E-state index contributed by atoms with van der Waals surface area (Å²) in [5.74, 6) is -0.450. The second kappa shape index (κ2) is 10.2. The van der Waals surface area contributed by atoms with Gasteiger partial charge in [-0.25, -0.2) is 13.6 Å². The number of fused-ring (bicyclic) bond motifs is 1. The lowest BCUT2D eigenvalue weighted by Crippen LogP contribution is -2.54. The van der Waals surface area contributed by atoms with E-state index in [1.54, 1.807) is 14.2 Å². The number of carbonyl (C=O) groups is 1. The van der Waals surface area contributed by atoms with Crippen LogP contribution in [0, 0.1) is 11.6 Å². The molecule has 0 bridgehead atoms. The van der Waals surface area contributed by atoms with Gasteiger partial charge in [0.25, 0.3) is 0 Å². The number of likely N-dealkylation sites (tertiary alicyclic amines) is 1. The summed E-state index contributed by atoms with van der Waals surface area (Å²) in [6.45, 7) is 1.05. The molecule has 2 amide bonds. The lowest BCUT2D eigenvalue weighted by Gasteiger charge is -2.47. The largest absolute Gasteiger partial charge is 0.493 e. The zero-order valence-corrected chi connectivity index (χ0v) is 21.0. The van der Waals surface area contributed by atoms with Crippen LogP contribution < -0.4 is 20.1 Å². The van der Waals surface area contributed by atoms with Crippen LogP contribution in [0.4, 0.5) is 19.3 Å². The fourth-order valence-corrected chi connectivity index (χ4v) is 6.80. The molecule has 2 N–H and O–H groups in total. The smallest absolute Gasteiger partial charge is 0.319 e. The van der Waals surface area contributed by atoms with Crippen molar-refractivity contribution in [3.63, 3.8) is 0 Å². The molecule has 0 spiro atoms. The van der Waals surface area contributed by atoms with Crippen molar-refractivity contribution in [2.24, 2.45) is 0 Å². The average molecular weight is 500 g/mol. The predicted octanol–water partition coefficient (Wildman–Crippen LogP) is 5.61. The van der Waals surface area contributed by atoms with Gasteiger partial charge in [-0.15, -0.1) is 0 Å². The van der Waals surface area contributed by atoms with E-state index in [-0.39, 0.29) is 17.1 Å². The van der Waals surface area contributed by atoms with Crippen LogP contribution >= 0.6 is 0 Å². The molecule has 3 unspecified atom stereocenters. The Morgan fingerprint density at radius 3 is 2.47 bits per heavy atom. The molecule has 3 fully saturated rings. The summed E-state index contributed by atoms with van der Waals surface area (Å²) in [7, 11) is 3.32. The quantitative estimate of drug-likeness (QED) is 0.542. The zero-order valence-electron chi connectivity index (χ0n) is 21.0. The second-order valence-electron chi connectivity index (χ2n) is 10.4. The van der Waals surface area contributed by atoms with Crippen molar-refractivity contribution in [1.82, 2.24) is 10.2 Å². The summed E-state index contributed by atoms with van der Waals surface area (Å²) < 4.78 is 37.9. The number of urea groups is 1. The summed E-state index contributed by atoms with van der Waals surface area (Å²) in [6.07, 6.45) is 8.72. The van der Waals surface area contributed by atoms with Gasteiger partial charge in [0.2, 0.25) is 0 Å². The lowest BCUT2D eigenvalue weighted by molar-refractivity contribution is 0.102. The van der Waals surface area contributed by atoms with Crippen LogP contribution in [-0.2, 0) is 5.41 Å². The fraction of sp³-hybridized carbons (Fsp3) is 0.536. The number of benzene rings is 2. The maximum Gasteiger partial charge on any atom is 0.319 e. The molecule has 3 aliphatic rings. The molecular weight excluding hydrogens is 464 g/mol. The van der Waals surface area contributed by atoms with Crippen molar-refractivity contribution in [2.75, 3.05) is 26.1 Å². The van der Waals surface area contributed by atoms with Crippen LogP contribution in [0.2, 0.25) is 0 Å². The summed E-state index contributed by atoms with van der Waals surface area (Å²) in [5, 5.41) is 5.75. The summed E-state index contributed by atoms with van der Waals surface area (Å²) in [6, 6.07) is 10.2. The number of hydrogen-bond donors (Lipinski definition) is 2. The first-order valence-corrected chi connectivity index (χ1v) is 12.9. The Hall–Kier alpha value is -2.87. The topological polar surface area (TPSA) is 62.8 Å². The van der Waals surface area contributed by atoms with Crippen molar-refractivity contribution in [3.8, 4) is 11.5 Å². The van der Waals surface area contributed by atoms with E-state index in [1.165, 1.54) is 37.3 Å². The van der Waals surface area contributed by atoms with Gasteiger partial charge in [0.15, 0.2) is 23.1 Å². The van der Waals surface area contributed by atoms with Gasteiger partial charge < -0.3 is 20.1 Å². The third-order valence-electron chi connectivity index (χ3n) is 8.57. The van der Waals surface area contributed by atoms with E-state index in [4.69, 9.17) is 9.47 Å². The number of methoxy groups -OCH3 is 2. The molecule has 194 valence electrons. The van der Waals surface area contributed by atoms with Crippen molar-refractivity contribution >= 4 is 11.7 Å². The van der Waals surface area contributed by atoms with E-state index in [2.05, 4.69) is 27.7 Å². The summed E-state index contributed by atoms with van der Waals surface area (Å²) in [5.41, 5.74) is 1.50. The van der Waals surface area contributed by atoms with Gasteiger partial charge in [-0.3, -0.25) is 4.90 Å². The van der Waals surface area contributed by atoms with Crippen molar-refractivity contribution in [3.05, 3.63) is 53.6 Å². The van der Waals surface area contributed by atoms with Crippen LogP contribution in [0.15, 0.2) is 36.4 Å². The van der Waals surface area contributed by atoms with Crippen LogP contribution in [0.25, 0.3) is 0 Å². The molecular formula is C28H35F2N3O3. The number of anilines is 1. The van der Waals surface area contributed by atoms with Gasteiger partial charge in [-0.05, 0) is 74.9 Å². The molecule has 2 aromatic rings. The molecule has 3 atom stereocenters. The Morgan fingerprint density at radius 2 is 1.75 bits per heavy atom. The first-order valence-electron chi connectivity index (χ1n) is 12.9. The number of carbonyl (C=O) groups excluding carboxylic acids is 1. The lowest BCUT2D eigenvalue weighted by atomic mass is 9.65. The Balaban J connectivity index is 1.36. The molecule has 0 aromatic heterocycles. The van der Waals surface area contributed by atoms with Gasteiger partial charge in [-0.2, -0.15) is 0 Å². The van der Waals surface area contributed by atoms with Crippen LogP contribution in [0.1, 0.15) is 56.9 Å². The van der Waals surface area contributed by atoms with E-state index in [9.17, 15) is 13.6 Å². The van der Waals surface area contributed by atoms with Gasteiger partial charge >= 0.3 is 6.03 Å². The highest BCUT2D eigenvalue weighted by atomic mass is 19.2. The minimum Gasteiger partial charge on any atom is -0.493 e. The number of nitrogens with one attached hydrogen (secondary N) is 2. The summed E-state index contributed by atoms with van der Waals surface area (Å²) >= 11 is 0. The minimum absolute atomic E-state index is 0.00309. The van der Waals surface area contributed by atoms with Crippen LogP contribution in [0.3, 0.4) is 0 Å². The van der Waals surface area contributed by atoms with Crippen LogP contribution in [0.5, 0.6) is 11.5 Å². The molecule has 1 heterocycles. The van der Waals surface area contributed by atoms with Crippen LogP contribution in [-0.4, -0.2) is 49.8 Å². The monoisotopic (exact) mass is 499 g/mol. The maximum atomic E-state index is 13.6. The molecule has 8 heteroatoms. The first kappa shape index (κ1) is 24.8. The van der Waals surface area contributed by atoms with Crippen molar-refractivity contribution < 1.29 is 23.0 Å². The van der Waals surface area contributed by atoms with Crippen molar-refractivity contribution in [1.29, 1.82) is 0 Å². The number of rotatable bonds is 6. The molecule has 2 saturated carbocycles. The minimum atomic E-state index is -0.983. The highest BCUT2D eigenvalue weighted by molar-refractivity contribution is 5.89. The van der Waals surface area contributed by atoms with Gasteiger partial charge in [0.1, 0.15) is 0 Å². The first-order chi connectivity index (χ1) is 17.4. The Labute approximate surface area is 211 Å². The third-order valence-corrected chi connectivity index (χ3v) is 8.57. The normalized spacial score (nSPS) is 26.4. The van der Waals surface area contributed by atoms with E-state index in [0.29, 0.717) is 12.1 Å². The van der Waals surface area contributed by atoms with E-state index >= 15 is 0 Å². The van der Waals surface area contributed by atoms with Gasteiger partial charge in [0, 0.05) is 35.3 Å². The van der Waals surface area contributed by atoms with E-state index < -0.39 is 17.7 Å². The highest BCUT2D eigenvalue weighted by Crippen LogP contribution is 2.52. The predicted molar refractivity (Wildman–Crippen MR) is 135 cm³/mol. The number of amides is 2. The Morgan fingerprint density at radius 1 is 0.972 bits per heavy atom. The molecule has 2 aliphatic carbocycles. The molecule has 1 aliphatic heterocycles. The maximum absolute atomic E-state index is 13.6. The van der Waals surface area contributed by atoms with E-state index in [1.807, 2.05) is 6.07 Å². The number of halogens is 2. The summed E-state index contributed by atoms with van der Waals surface area (Å²) in [4.78, 5) is 15.4. The molecule has 0 radical (unpaired) electrons. The third kappa shape index (κ3) is 4.63. The number of nitrogens with zero attached hydrogens (tertiary/aromatic N) is 1. The SMILES string of the molecule is COc1ccc(C23CCC(NC(=O)Nc4ccc(F)c(F)c4)CC2N(C2CCCC2)CC3)cc1OC. The molecule has 5 rings (SSSR count). The Bertz CT molecular complexity index is 1110. The number of hydrogen-bond acceptors (Lipinski definition) is 4. The standard InChI is InChI=1S/C28H35F2N3O3/c1-35-24-10-7-18(15-25(24)36-2)28-12-11-20(17-26(28)33(14-13-28)21-5-3-4-6-21)32-27(34)31-19-8-9-22(29)23(30)16-19/h7-10,15-16,20-21,26H,3-6,11-14,17H2,1-2H3,(H2,31,32,34). The van der Waals surface area contributed by atoms with Gasteiger partial charge in [-0.1, -0.05) is 18.9 Å². The molecule has 1 saturated heterocycles. The molecule has 2 aromatic carbocycles. The zero-order chi connectivity index (χ0) is 25.3.